The van der Waals surface area contributed by atoms with Crippen molar-refractivity contribution in [3.8, 4) is 11.5 Å². The third kappa shape index (κ3) is 3.85. The van der Waals surface area contributed by atoms with Crippen LogP contribution in [0.15, 0.2) is 18.2 Å². The van der Waals surface area contributed by atoms with Gasteiger partial charge in [-0.25, -0.2) is 0 Å². The van der Waals surface area contributed by atoms with Crippen LogP contribution >= 0.6 is 0 Å². The first-order valence-corrected chi connectivity index (χ1v) is 6.74. The third-order valence-electron chi connectivity index (χ3n) is 3.34. The van der Waals surface area contributed by atoms with Crippen molar-refractivity contribution in [3.05, 3.63) is 23.8 Å². The van der Waals surface area contributed by atoms with E-state index in [0.29, 0.717) is 13.1 Å². The van der Waals surface area contributed by atoms with Crippen LogP contribution in [-0.2, 0) is 4.79 Å². The molecule has 0 atom stereocenters. The predicted molar refractivity (Wildman–Crippen MR) is 76.2 cm³/mol. The van der Waals surface area contributed by atoms with Gasteiger partial charge in [-0.15, -0.1) is 0 Å². The molecule has 2 rings (SSSR count). The topological polar surface area (TPSA) is 93.1 Å². The van der Waals surface area contributed by atoms with Gasteiger partial charge in [0.2, 0.25) is 5.91 Å². The molecule has 0 aliphatic carbocycles. The Labute approximate surface area is 122 Å². The quantitative estimate of drug-likeness (QED) is 0.705. The summed E-state index contributed by atoms with van der Waals surface area (Å²) in [5.41, 5.74) is 0.142. The van der Waals surface area contributed by atoms with E-state index < -0.39 is 5.91 Å². The number of hydrogen-bond donors (Lipinski definition) is 3. The summed E-state index contributed by atoms with van der Waals surface area (Å²) in [6.07, 6.45) is 0. The molecule has 1 heterocycles. The van der Waals surface area contributed by atoms with Gasteiger partial charge in [-0.3, -0.25) is 9.59 Å². The van der Waals surface area contributed by atoms with Gasteiger partial charge in [-0.1, -0.05) is 0 Å². The summed E-state index contributed by atoms with van der Waals surface area (Å²) in [6.45, 7) is 2.74. The maximum Gasteiger partial charge on any atom is 0.254 e. The Balaban J connectivity index is 2.00. The van der Waals surface area contributed by atoms with Crippen LogP contribution in [0.4, 0.5) is 0 Å². The van der Waals surface area contributed by atoms with Crippen LogP contribution in [0.3, 0.4) is 0 Å². The summed E-state index contributed by atoms with van der Waals surface area (Å²) < 4.78 is 0. The van der Waals surface area contributed by atoms with E-state index in [9.17, 15) is 19.8 Å². The van der Waals surface area contributed by atoms with Crippen LogP contribution in [0, 0.1) is 0 Å². The number of phenols is 2. The summed E-state index contributed by atoms with van der Waals surface area (Å²) >= 11 is 0. The second kappa shape index (κ2) is 6.45. The molecule has 0 unspecified atom stereocenters. The smallest absolute Gasteiger partial charge is 0.254 e. The predicted octanol–water partition coefficient (Wildman–Crippen LogP) is -0.398. The Bertz CT molecular complexity index is 521. The average molecular weight is 293 g/mol. The zero-order chi connectivity index (χ0) is 15.4. The zero-order valence-corrected chi connectivity index (χ0v) is 11.9. The lowest BCUT2D eigenvalue weighted by Crippen LogP contribution is -2.49. The Morgan fingerprint density at radius 2 is 1.76 bits per heavy atom. The van der Waals surface area contributed by atoms with Gasteiger partial charge >= 0.3 is 0 Å². The number of likely N-dealkylation sites (N-methyl/N-ethyl adjacent to an activating group) is 1. The number of nitrogens with zero attached hydrogens (tertiary/aromatic N) is 2. The number of nitrogens with one attached hydrogen (secondary N) is 1. The zero-order valence-electron chi connectivity index (χ0n) is 11.9. The molecule has 21 heavy (non-hydrogen) atoms. The van der Waals surface area contributed by atoms with E-state index in [-0.39, 0.29) is 29.5 Å². The fraction of sp³-hybridized carbons (Fsp3) is 0.429. The summed E-state index contributed by atoms with van der Waals surface area (Å²) in [7, 11) is 1.52. The summed E-state index contributed by atoms with van der Waals surface area (Å²) in [5, 5.41) is 21.9. The number of amides is 2. The number of benzene rings is 1. The summed E-state index contributed by atoms with van der Waals surface area (Å²) in [6, 6.07) is 3.66. The van der Waals surface area contributed by atoms with E-state index in [0.717, 1.165) is 19.2 Å². The molecule has 7 heteroatoms. The lowest BCUT2D eigenvalue weighted by Gasteiger charge is -2.29. The Hall–Kier alpha value is -2.28. The second-order valence-electron chi connectivity index (χ2n) is 5.03. The standard InChI is InChI=1S/C14H19N3O4/c1-16(9-13(20)17-4-2-15-3-5-17)14(21)10-6-11(18)8-12(19)7-10/h6-8,15,18-19H,2-5,9H2,1H3. The van der Waals surface area contributed by atoms with E-state index in [2.05, 4.69) is 5.32 Å². The highest BCUT2D eigenvalue weighted by molar-refractivity contribution is 5.97. The molecule has 1 aliphatic heterocycles. The second-order valence-corrected chi connectivity index (χ2v) is 5.03. The van der Waals surface area contributed by atoms with Gasteiger partial charge in [0, 0.05) is 44.9 Å². The minimum absolute atomic E-state index is 0.0325. The molecular weight excluding hydrogens is 274 g/mol. The molecular formula is C14H19N3O4. The molecule has 3 N–H and O–H groups in total. The van der Waals surface area contributed by atoms with E-state index in [1.54, 1.807) is 4.90 Å². The van der Waals surface area contributed by atoms with Crippen LogP contribution in [-0.4, -0.2) is 71.6 Å². The molecule has 1 fully saturated rings. The Morgan fingerprint density at radius 1 is 1.19 bits per heavy atom. The van der Waals surface area contributed by atoms with Crippen molar-refractivity contribution in [1.82, 2.24) is 15.1 Å². The molecule has 1 aromatic rings. The molecule has 0 saturated carbocycles. The fourth-order valence-corrected chi connectivity index (χ4v) is 2.23. The van der Waals surface area contributed by atoms with E-state index >= 15 is 0 Å². The summed E-state index contributed by atoms with van der Waals surface area (Å²) in [5.74, 6) is -0.929. The Morgan fingerprint density at radius 3 is 2.33 bits per heavy atom. The molecule has 7 nitrogen and oxygen atoms in total. The highest BCUT2D eigenvalue weighted by Gasteiger charge is 2.21. The molecule has 0 radical (unpaired) electrons. The minimum Gasteiger partial charge on any atom is -0.508 e. The van der Waals surface area contributed by atoms with Gasteiger partial charge in [0.1, 0.15) is 11.5 Å². The highest BCUT2D eigenvalue weighted by atomic mass is 16.3. The molecule has 0 spiro atoms. The molecule has 0 bridgehead atoms. The van der Waals surface area contributed by atoms with Crippen molar-refractivity contribution in [1.29, 1.82) is 0 Å². The van der Waals surface area contributed by atoms with Gasteiger partial charge in [-0.05, 0) is 12.1 Å². The molecule has 1 aliphatic rings. The molecule has 0 aromatic heterocycles. The number of carbonyl (C=O) groups excluding carboxylic acids is 2. The number of rotatable bonds is 3. The number of phenolic OH excluding ortho intramolecular Hbond substituents is 2. The normalized spacial score (nSPS) is 14.8. The first-order chi connectivity index (χ1) is 9.97. The van der Waals surface area contributed by atoms with Crippen LogP contribution in [0.25, 0.3) is 0 Å². The lowest BCUT2D eigenvalue weighted by atomic mass is 10.1. The van der Waals surface area contributed by atoms with Gasteiger partial charge in [0.15, 0.2) is 0 Å². The van der Waals surface area contributed by atoms with E-state index in [4.69, 9.17) is 0 Å². The minimum atomic E-state index is -0.426. The first kappa shape index (κ1) is 15.1. The van der Waals surface area contributed by atoms with Crippen molar-refractivity contribution in [2.75, 3.05) is 39.8 Å². The van der Waals surface area contributed by atoms with Gasteiger partial charge in [-0.2, -0.15) is 0 Å². The number of aromatic hydroxyl groups is 2. The molecule has 2 amide bonds. The van der Waals surface area contributed by atoms with Gasteiger partial charge in [0.05, 0.1) is 6.54 Å². The summed E-state index contributed by atoms with van der Waals surface area (Å²) in [4.78, 5) is 27.3. The van der Waals surface area contributed by atoms with Crippen molar-refractivity contribution in [2.45, 2.75) is 0 Å². The molecule has 1 aromatic carbocycles. The van der Waals surface area contributed by atoms with E-state index in [1.165, 1.54) is 24.1 Å². The van der Waals surface area contributed by atoms with Crippen molar-refractivity contribution < 1.29 is 19.8 Å². The average Bonchev–Trinajstić information content (AvgIpc) is 2.46. The van der Waals surface area contributed by atoms with Crippen molar-refractivity contribution in [3.63, 3.8) is 0 Å². The SMILES string of the molecule is CN(CC(=O)N1CCNCC1)C(=O)c1cc(O)cc(O)c1. The number of hydrogen-bond acceptors (Lipinski definition) is 5. The third-order valence-corrected chi connectivity index (χ3v) is 3.34. The van der Waals surface area contributed by atoms with Crippen LogP contribution in [0.5, 0.6) is 11.5 Å². The maximum absolute atomic E-state index is 12.2. The largest absolute Gasteiger partial charge is 0.508 e. The van der Waals surface area contributed by atoms with Crippen LogP contribution < -0.4 is 5.32 Å². The first-order valence-electron chi connectivity index (χ1n) is 6.74. The number of carbonyl (C=O) groups is 2. The highest BCUT2D eigenvalue weighted by Crippen LogP contribution is 2.21. The maximum atomic E-state index is 12.2. The van der Waals surface area contributed by atoms with Crippen LogP contribution in [0.2, 0.25) is 0 Å². The van der Waals surface area contributed by atoms with Crippen molar-refractivity contribution in [2.24, 2.45) is 0 Å². The molecule has 114 valence electrons. The molecule has 1 saturated heterocycles. The lowest BCUT2D eigenvalue weighted by molar-refractivity contribution is -0.132. The number of piperazine rings is 1. The monoisotopic (exact) mass is 293 g/mol. The van der Waals surface area contributed by atoms with Gasteiger partial charge < -0.3 is 25.3 Å². The van der Waals surface area contributed by atoms with Crippen LogP contribution in [0.1, 0.15) is 10.4 Å². The Kier molecular flexibility index (Phi) is 4.64. The fourth-order valence-electron chi connectivity index (χ4n) is 2.23. The van der Waals surface area contributed by atoms with Gasteiger partial charge in [0.25, 0.3) is 5.91 Å². The van der Waals surface area contributed by atoms with Crippen molar-refractivity contribution >= 4 is 11.8 Å². The van der Waals surface area contributed by atoms with E-state index in [1.807, 2.05) is 0 Å².